The number of benzene rings is 2. The number of halogens is 2. The largest absolute Gasteiger partial charge is 0.457 e. The van der Waals surface area contributed by atoms with Crippen molar-refractivity contribution in [3.05, 3.63) is 58.1 Å². The predicted octanol–water partition coefficient (Wildman–Crippen LogP) is 5.64. The zero-order chi connectivity index (χ0) is 13.1. The summed E-state index contributed by atoms with van der Waals surface area (Å²) >= 11 is 9.46. The van der Waals surface area contributed by atoms with Crippen LogP contribution in [0.2, 0.25) is 5.02 Å². The van der Waals surface area contributed by atoms with Gasteiger partial charge in [0.05, 0.1) is 0 Å². The van der Waals surface area contributed by atoms with E-state index < -0.39 is 0 Å². The monoisotopic (exact) mass is 324 g/mol. The molecule has 0 bridgehead atoms. The minimum absolute atomic E-state index is 0.680. The van der Waals surface area contributed by atoms with Crippen molar-refractivity contribution in [1.29, 1.82) is 0 Å². The van der Waals surface area contributed by atoms with Crippen LogP contribution in [0.1, 0.15) is 16.7 Å². The number of ether oxygens (including phenoxy) is 1. The van der Waals surface area contributed by atoms with Crippen LogP contribution in [-0.4, -0.2) is 0 Å². The molecule has 1 nitrogen and oxygen atoms in total. The van der Waals surface area contributed by atoms with E-state index in [0.29, 0.717) is 5.02 Å². The van der Waals surface area contributed by atoms with Crippen LogP contribution in [0, 0.1) is 13.8 Å². The fourth-order valence-corrected chi connectivity index (χ4v) is 2.39. The minimum Gasteiger partial charge on any atom is -0.457 e. The second kappa shape index (κ2) is 5.77. The van der Waals surface area contributed by atoms with E-state index in [9.17, 15) is 0 Å². The third-order valence-corrected chi connectivity index (χ3v) is 3.56. The molecule has 0 fully saturated rings. The highest BCUT2D eigenvalue weighted by molar-refractivity contribution is 9.08. The first kappa shape index (κ1) is 13.4. The highest BCUT2D eigenvalue weighted by Gasteiger charge is 2.07. The Labute approximate surface area is 121 Å². The lowest BCUT2D eigenvalue weighted by Gasteiger charge is -2.12. The second-order valence-electron chi connectivity index (χ2n) is 4.26. The topological polar surface area (TPSA) is 9.23 Å². The van der Waals surface area contributed by atoms with E-state index >= 15 is 0 Å². The van der Waals surface area contributed by atoms with Gasteiger partial charge in [0.1, 0.15) is 11.5 Å². The van der Waals surface area contributed by atoms with E-state index in [1.807, 2.05) is 37.3 Å². The van der Waals surface area contributed by atoms with E-state index in [2.05, 4.69) is 28.9 Å². The maximum atomic E-state index is 6.01. The maximum absolute atomic E-state index is 6.01. The van der Waals surface area contributed by atoms with Crippen molar-refractivity contribution < 1.29 is 4.74 Å². The molecule has 0 unspecified atom stereocenters. The van der Waals surface area contributed by atoms with Crippen LogP contribution < -0.4 is 4.74 Å². The molecule has 94 valence electrons. The Balaban J connectivity index is 2.36. The van der Waals surface area contributed by atoms with Gasteiger partial charge >= 0.3 is 0 Å². The molecule has 3 heteroatoms. The lowest BCUT2D eigenvalue weighted by molar-refractivity contribution is 0.475. The molecule has 0 aromatic heterocycles. The van der Waals surface area contributed by atoms with Crippen LogP contribution in [0.4, 0.5) is 0 Å². The number of aryl methyl sites for hydroxylation is 2. The molecule has 0 spiro atoms. The summed E-state index contributed by atoms with van der Waals surface area (Å²) in [5.74, 6) is 1.66. The lowest BCUT2D eigenvalue weighted by atomic mass is 10.1. The molecule has 0 radical (unpaired) electrons. The van der Waals surface area contributed by atoms with Crippen molar-refractivity contribution in [2.45, 2.75) is 19.2 Å². The third-order valence-electron chi connectivity index (χ3n) is 2.72. The summed E-state index contributed by atoms with van der Waals surface area (Å²) in [5, 5.41) is 1.42. The molecule has 0 aliphatic carbocycles. The van der Waals surface area contributed by atoms with E-state index in [1.165, 1.54) is 5.56 Å². The van der Waals surface area contributed by atoms with Crippen molar-refractivity contribution >= 4 is 27.5 Å². The zero-order valence-electron chi connectivity index (χ0n) is 10.3. The van der Waals surface area contributed by atoms with Crippen molar-refractivity contribution in [3.63, 3.8) is 0 Å². The molecule has 2 aromatic carbocycles. The van der Waals surface area contributed by atoms with E-state index in [0.717, 1.165) is 28.0 Å². The maximum Gasteiger partial charge on any atom is 0.132 e. The van der Waals surface area contributed by atoms with Gasteiger partial charge in [-0.2, -0.15) is 0 Å². The predicted molar refractivity (Wildman–Crippen MR) is 80.1 cm³/mol. The van der Waals surface area contributed by atoms with E-state index in [4.69, 9.17) is 16.3 Å². The number of hydrogen-bond acceptors (Lipinski definition) is 1. The molecule has 2 rings (SSSR count). The Morgan fingerprint density at radius 3 is 2.50 bits per heavy atom. The lowest BCUT2D eigenvalue weighted by Crippen LogP contribution is -1.92. The summed E-state index contributed by atoms with van der Waals surface area (Å²) in [6.45, 7) is 4.11. The molecule has 0 amide bonds. The Morgan fingerprint density at radius 1 is 1.06 bits per heavy atom. The summed E-state index contributed by atoms with van der Waals surface area (Å²) in [6, 6.07) is 11.8. The average molecular weight is 326 g/mol. The quantitative estimate of drug-likeness (QED) is 0.663. The van der Waals surface area contributed by atoms with Crippen LogP contribution in [0.25, 0.3) is 0 Å². The first-order chi connectivity index (χ1) is 8.60. The number of hydrogen-bond donors (Lipinski definition) is 0. The fourth-order valence-electron chi connectivity index (χ4n) is 1.77. The van der Waals surface area contributed by atoms with Gasteiger partial charge in [0, 0.05) is 15.9 Å². The summed E-state index contributed by atoms with van der Waals surface area (Å²) in [4.78, 5) is 0. The van der Waals surface area contributed by atoms with Gasteiger partial charge in [-0.05, 0) is 37.6 Å². The third kappa shape index (κ3) is 3.06. The molecular formula is C15H14BrClO. The molecule has 18 heavy (non-hydrogen) atoms. The van der Waals surface area contributed by atoms with Crippen LogP contribution in [-0.2, 0) is 5.33 Å². The first-order valence-electron chi connectivity index (χ1n) is 5.69. The van der Waals surface area contributed by atoms with Gasteiger partial charge in [-0.25, -0.2) is 0 Å². The minimum atomic E-state index is 0.680. The molecule has 2 aromatic rings. The molecule has 0 saturated carbocycles. The van der Waals surface area contributed by atoms with Crippen LogP contribution in [0.5, 0.6) is 11.5 Å². The highest BCUT2D eigenvalue weighted by atomic mass is 79.9. The fraction of sp³-hybridized carbons (Fsp3) is 0.200. The Kier molecular flexibility index (Phi) is 4.31. The number of alkyl halides is 1. The van der Waals surface area contributed by atoms with Gasteiger partial charge in [0.15, 0.2) is 0 Å². The molecule has 0 aliphatic heterocycles. The standard InChI is InChI=1S/C15H14BrClO/c1-10-3-6-14(11(2)7-10)18-15-8-13(17)5-4-12(15)9-16/h3-8H,9H2,1-2H3. The van der Waals surface area contributed by atoms with Crippen LogP contribution in [0.3, 0.4) is 0 Å². The SMILES string of the molecule is Cc1ccc(Oc2cc(Cl)ccc2CBr)c(C)c1. The molecule has 0 heterocycles. The van der Waals surface area contributed by atoms with Gasteiger partial charge in [-0.15, -0.1) is 0 Å². The second-order valence-corrected chi connectivity index (χ2v) is 5.25. The van der Waals surface area contributed by atoms with Crippen molar-refractivity contribution in [1.82, 2.24) is 0 Å². The van der Waals surface area contributed by atoms with Gasteiger partial charge < -0.3 is 4.74 Å². The molecule has 0 N–H and O–H groups in total. The van der Waals surface area contributed by atoms with Crippen molar-refractivity contribution in [2.75, 3.05) is 0 Å². The van der Waals surface area contributed by atoms with Gasteiger partial charge in [-0.3, -0.25) is 0 Å². The summed E-state index contributed by atoms with van der Waals surface area (Å²) in [6.07, 6.45) is 0. The summed E-state index contributed by atoms with van der Waals surface area (Å²) in [7, 11) is 0. The molecule has 0 aliphatic rings. The number of rotatable bonds is 3. The van der Waals surface area contributed by atoms with Gasteiger partial charge in [0.2, 0.25) is 0 Å². The zero-order valence-corrected chi connectivity index (χ0v) is 12.7. The first-order valence-corrected chi connectivity index (χ1v) is 7.19. The van der Waals surface area contributed by atoms with E-state index in [-0.39, 0.29) is 0 Å². The summed E-state index contributed by atoms with van der Waals surface area (Å²) < 4.78 is 5.95. The van der Waals surface area contributed by atoms with Crippen molar-refractivity contribution in [3.8, 4) is 11.5 Å². The molecular weight excluding hydrogens is 312 g/mol. The highest BCUT2D eigenvalue weighted by Crippen LogP contribution is 2.31. The Bertz CT molecular complexity index is 566. The van der Waals surface area contributed by atoms with Crippen molar-refractivity contribution in [2.24, 2.45) is 0 Å². The smallest absolute Gasteiger partial charge is 0.132 e. The average Bonchev–Trinajstić information content (AvgIpc) is 2.33. The summed E-state index contributed by atoms with van der Waals surface area (Å²) in [5.41, 5.74) is 3.43. The van der Waals surface area contributed by atoms with Gasteiger partial charge in [0.25, 0.3) is 0 Å². The normalized spacial score (nSPS) is 10.4. The van der Waals surface area contributed by atoms with E-state index in [1.54, 1.807) is 0 Å². The van der Waals surface area contributed by atoms with Crippen LogP contribution in [0.15, 0.2) is 36.4 Å². The Hall–Kier alpha value is -0.990. The molecule has 0 saturated heterocycles. The van der Waals surface area contributed by atoms with Crippen LogP contribution >= 0.6 is 27.5 Å². The molecule has 0 atom stereocenters. The van der Waals surface area contributed by atoms with Gasteiger partial charge in [-0.1, -0.05) is 51.3 Å². The Morgan fingerprint density at radius 2 is 1.83 bits per heavy atom.